The molecule has 1 rings (SSSR count). The van der Waals surface area contributed by atoms with Gasteiger partial charge in [-0.2, -0.15) is 11.8 Å². The second-order valence-corrected chi connectivity index (χ2v) is 4.94. The minimum absolute atomic E-state index is 0.162. The fourth-order valence-corrected chi connectivity index (χ4v) is 1.99. The average Bonchev–Trinajstić information content (AvgIpc) is 2.73. The van der Waals surface area contributed by atoms with Crippen molar-refractivity contribution >= 4 is 23.8 Å². The molecule has 1 saturated heterocycles. The molecule has 0 radical (unpaired) electrons. The summed E-state index contributed by atoms with van der Waals surface area (Å²) in [7, 11) is 1.69. The van der Waals surface area contributed by atoms with Gasteiger partial charge in [0.15, 0.2) is 0 Å². The molecule has 0 aromatic rings. The van der Waals surface area contributed by atoms with Crippen LogP contribution in [0.5, 0.6) is 0 Å². The summed E-state index contributed by atoms with van der Waals surface area (Å²) >= 11 is 1.66. The maximum absolute atomic E-state index is 11.7. The van der Waals surface area contributed by atoms with Gasteiger partial charge in [0.2, 0.25) is 0 Å². The van der Waals surface area contributed by atoms with E-state index in [2.05, 4.69) is 5.32 Å². The van der Waals surface area contributed by atoms with Crippen LogP contribution in [0.1, 0.15) is 0 Å². The molecule has 2 amide bonds. The summed E-state index contributed by atoms with van der Waals surface area (Å²) in [6.45, 7) is 1.06. The molecule has 1 aliphatic rings. The van der Waals surface area contributed by atoms with Crippen LogP contribution in [-0.2, 0) is 9.53 Å². The summed E-state index contributed by atoms with van der Waals surface area (Å²) in [6, 6.07) is -0.683. The zero-order valence-electron chi connectivity index (χ0n) is 10.0. The van der Waals surface area contributed by atoms with E-state index in [0.29, 0.717) is 6.54 Å². The van der Waals surface area contributed by atoms with Crippen molar-refractivity contribution in [2.24, 2.45) is 5.92 Å². The van der Waals surface area contributed by atoms with Crippen LogP contribution in [-0.4, -0.2) is 66.9 Å². The number of nitrogens with one attached hydrogen (secondary N) is 1. The van der Waals surface area contributed by atoms with Crippen LogP contribution in [0.25, 0.3) is 0 Å². The van der Waals surface area contributed by atoms with Crippen molar-refractivity contribution in [1.82, 2.24) is 10.2 Å². The quantitative estimate of drug-likeness (QED) is 0.734. The Bertz CT molecular complexity index is 287. The molecule has 2 atom stereocenters. The predicted molar refractivity (Wildman–Crippen MR) is 65.3 cm³/mol. The van der Waals surface area contributed by atoms with Crippen molar-refractivity contribution in [1.29, 1.82) is 0 Å². The zero-order chi connectivity index (χ0) is 12.8. The van der Waals surface area contributed by atoms with Gasteiger partial charge in [-0.3, -0.25) is 4.79 Å². The molecule has 0 aliphatic carbocycles. The summed E-state index contributed by atoms with van der Waals surface area (Å²) in [6.07, 6.45) is 1.97. The highest BCUT2D eigenvalue weighted by Crippen LogP contribution is 2.14. The van der Waals surface area contributed by atoms with E-state index in [1.54, 1.807) is 23.7 Å². The molecule has 1 heterocycles. The molecule has 0 saturated carbocycles. The van der Waals surface area contributed by atoms with Crippen molar-refractivity contribution in [3.05, 3.63) is 0 Å². The second kappa shape index (κ2) is 6.70. The number of carboxylic acid groups (broad SMARTS) is 1. The maximum Gasteiger partial charge on any atom is 0.317 e. The lowest BCUT2D eigenvalue weighted by atomic mass is 10.0. The Morgan fingerprint density at radius 1 is 1.53 bits per heavy atom. The predicted octanol–water partition coefficient (Wildman–Crippen LogP) is 0.0904. The largest absolute Gasteiger partial charge is 0.481 e. The summed E-state index contributed by atoms with van der Waals surface area (Å²) in [5.41, 5.74) is 0. The van der Waals surface area contributed by atoms with E-state index in [0.717, 1.165) is 5.75 Å². The van der Waals surface area contributed by atoms with E-state index in [-0.39, 0.29) is 19.2 Å². The number of thioether (sulfide) groups is 1. The molecule has 0 aromatic carbocycles. The van der Waals surface area contributed by atoms with E-state index in [9.17, 15) is 9.59 Å². The third kappa shape index (κ3) is 4.08. The third-order valence-corrected chi connectivity index (χ3v) is 3.27. The molecule has 98 valence electrons. The van der Waals surface area contributed by atoms with Crippen molar-refractivity contribution in [2.45, 2.75) is 6.04 Å². The Labute approximate surface area is 105 Å². The van der Waals surface area contributed by atoms with Gasteiger partial charge < -0.3 is 20.1 Å². The van der Waals surface area contributed by atoms with Gasteiger partial charge in [0.1, 0.15) is 5.92 Å². The topological polar surface area (TPSA) is 78.9 Å². The van der Waals surface area contributed by atoms with Gasteiger partial charge in [0.05, 0.1) is 19.3 Å². The number of hydrogen-bond acceptors (Lipinski definition) is 4. The Morgan fingerprint density at radius 3 is 2.82 bits per heavy atom. The first-order chi connectivity index (χ1) is 8.06. The summed E-state index contributed by atoms with van der Waals surface area (Å²) in [5.74, 6) is -0.722. The maximum atomic E-state index is 11.7. The molecule has 2 unspecified atom stereocenters. The monoisotopic (exact) mass is 262 g/mol. The van der Waals surface area contributed by atoms with Crippen LogP contribution in [0.4, 0.5) is 4.79 Å². The van der Waals surface area contributed by atoms with Crippen LogP contribution in [0.2, 0.25) is 0 Å². The van der Waals surface area contributed by atoms with Gasteiger partial charge in [-0.05, 0) is 6.26 Å². The lowest BCUT2D eigenvalue weighted by Crippen LogP contribution is -2.48. The Kier molecular flexibility index (Phi) is 5.57. The van der Waals surface area contributed by atoms with Gasteiger partial charge in [-0.15, -0.1) is 0 Å². The number of carbonyl (C=O) groups excluding carboxylic acids is 1. The van der Waals surface area contributed by atoms with E-state index >= 15 is 0 Å². The van der Waals surface area contributed by atoms with E-state index in [1.165, 1.54) is 0 Å². The standard InChI is InChI=1S/C10H18N2O4S/c1-12(3-4-17-2)10(15)11-8-6-16-5-7(8)9(13)14/h7-8H,3-6H2,1-2H3,(H,11,15)(H,13,14). The molecule has 0 aromatic heterocycles. The number of urea groups is 1. The first-order valence-corrected chi connectivity index (χ1v) is 6.76. The molecule has 6 nitrogen and oxygen atoms in total. The molecule has 17 heavy (non-hydrogen) atoms. The molecule has 1 aliphatic heterocycles. The Hall–Kier alpha value is -0.950. The summed E-state index contributed by atoms with van der Waals surface area (Å²) in [4.78, 5) is 24.2. The highest BCUT2D eigenvalue weighted by Gasteiger charge is 2.35. The van der Waals surface area contributed by atoms with E-state index < -0.39 is 17.9 Å². The number of hydrogen-bond donors (Lipinski definition) is 2. The van der Waals surface area contributed by atoms with Crippen LogP contribution < -0.4 is 5.32 Å². The van der Waals surface area contributed by atoms with Crippen molar-refractivity contribution < 1.29 is 19.4 Å². The van der Waals surface area contributed by atoms with Crippen molar-refractivity contribution in [2.75, 3.05) is 38.8 Å². The number of nitrogens with zero attached hydrogens (tertiary/aromatic N) is 1. The lowest BCUT2D eigenvalue weighted by molar-refractivity contribution is -0.142. The zero-order valence-corrected chi connectivity index (χ0v) is 10.8. The first kappa shape index (κ1) is 14.1. The molecule has 0 spiro atoms. The molecule has 7 heteroatoms. The fraction of sp³-hybridized carbons (Fsp3) is 0.800. The van der Waals surface area contributed by atoms with Crippen LogP contribution in [0.3, 0.4) is 0 Å². The summed E-state index contributed by atoms with van der Waals surface area (Å²) < 4.78 is 5.07. The van der Waals surface area contributed by atoms with E-state index in [4.69, 9.17) is 9.84 Å². The first-order valence-electron chi connectivity index (χ1n) is 5.37. The normalized spacial score (nSPS) is 23.4. The number of rotatable bonds is 5. The van der Waals surface area contributed by atoms with Crippen molar-refractivity contribution in [3.63, 3.8) is 0 Å². The highest BCUT2D eigenvalue weighted by atomic mass is 32.2. The minimum atomic E-state index is -0.931. The van der Waals surface area contributed by atoms with E-state index in [1.807, 2.05) is 6.26 Å². The number of ether oxygens (including phenoxy) is 1. The number of carboxylic acids is 1. The van der Waals surface area contributed by atoms with Gasteiger partial charge in [0, 0.05) is 19.3 Å². The molecular weight excluding hydrogens is 244 g/mol. The molecule has 0 bridgehead atoms. The lowest BCUT2D eigenvalue weighted by Gasteiger charge is -2.21. The second-order valence-electron chi connectivity index (χ2n) is 3.95. The van der Waals surface area contributed by atoms with Crippen LogP contribution in [0.15, 0.2) is 0 Å². The van der Waals surface area contributed by atoms with Gasteiger partial charge in [-0.25, -0.2) is 4.79 Å². The summed E-state index contributed by atoms with van der Waals surface area (Å²) in [5, 5.41) is 11.6. The molecular formula is C10H18N2O4S. The fourth-order valence-electron chi connectivity index (χ4n) is 1.54. The average molecular weight is 262 g/mol. The Balaban J connectivity index is 2.42. The van der Waals surface area contributed by atoms with Gasteiger partial charge in [-0.1, -0.05) is 0 Å². The highest BCUT2D eigenvalue weighted by molar-refractivity contribution is 7.98. The number of amides is 2. The molecule has 1 fully saturated rings. The minimum Gasteiger partial charge on any atom is -0.481 e. The number of aliphatic carboxylic acids is 1. The smallest absolute Gasteiger partial charge is 0.317 e. The SMILES string of the molecule is CSCCN(C)C(=O)NC1COCC1C(=O)O. The van der Waals surface area contributed by atoms with Crippen LogP contribution in [0, 0.1) is 5.92 Å². The Morgan fingerprint density at radius 2 is 2.24 bits per heavy atom. The number of carbonyl (C=O) groups is 2. The van der Waals surface area contributed by atoms with Crippen LogP contribution >= 0.6 is 11.8 Å². The third-order valence-electron chi connectivity index (χ3n) is 2.68. The van der Waals surface area contributed by atoms with Gasteiger partial charge in [0.25, 0.3) is 0 Å². The van der Waals surface area contributed by atoms with Crippen molar-refractivity contribution in [3.8, 4) is 0 Å². The van der Waals surface area contributed by atoms with Gasteiger partial charge >= 0.3 is 12.0 Å². The molecule has 2 N–H and O–H groups in total.